The molecule has 10 heteroatoms. The van der Waals surface area contributed by atoms with Gasteiger partial charge >= 0.3 is 12.3 Å². The fourth-order valence-electron chi connectivity index (χ4n) is 3.96. The van der Waals surface area contributed by atoms with Gasteiger partial charge in [-0.3, -0.25) is 15.0 Å². The van der Waals surface area contributed by atoms with Crippen molar-refractivity contribution in [1.82, 2.24) is 15.2 Å². The number of pyridine rings is 1. The summed E-state index contributed by atoms with van der Waals surface area (Å²) < 4.78 is 44.9. The summed E-state index contributed by atoms with van der Waals surface area (Å²) in [7, 11) is 1.23. The van der Waals surface area contributed by atoms with Crippen LogP contribution < -0.4 is 10.6 Å². The average Bonchev–Trinajstić information content (AvgIpc) is 2.67. The number of anilines is 1. The fourth-order valence-corrected chi connectivity index (χ4v) is 3.96. The Morgan fingerprint density at radius 3 is 2.89 bits per heavy atom. The highest BCUT2D eigenvalue weighted by Crippen LogP contribution is 2.37. The molecule has 3 unspecified atom stereocenters. The molecular formula is C18H23F3N4O3. The summed E-state index contributed by atoms with van der Waals surface area (Å²) in [5.41, 5.74) is 0.738. The van der Waals surface area contributed by atoms with E-state index in [1.54, 1.807) is 12.1 Å². The van der Waals surface area contributed by atoms with Gasteiger partial charge in [-0.05, 0) is 42.9 Å². The van der Waals surface area contributed by atoms with E-state index in [2.05, 4.69) is 20.4 Å². The van der Waals surface area contributed by atoms with Gasteiger partial charge in [0.15, 0.2) is 0 Å². The first kappa shape index (κ1) is 20.4. The molecular weight excluding hydrogens is 377 g/mol. The van der Waals surface area contributed by atoms with Gasteiger partial charge in [-0.15, -0.1) is 0 Å². The number of nitrogens with zero attached hydrogens (tertiary/aromatic N) is 2. The quantitative estimate of drug-likeness (QED) is 0.815. The van der Waals surface area contributed by atoms with Crippen LogP contribution in [0.4, 0.5) is 23.8 Å². The van der Waals surface area contributed by atoms with Crippen LogP contribution in [0.2, 0.25) is 0 Å². The summed E-state index contributed by atoms with van der Waals surface area (Å²) in [4.78, 5) is 29.0. The number of halogens is 3. The van der Waals surface area contributed by atoms with E-state index in [4.69, 9.17) is 0 Å². The van der Waals surface area contributed by atoms with Gasteiger partial charge in [0.2, 0.25) is 5.91 Å². The third-order valence-corrected chi connectivity index (χ3v) is 5.26. The second-order valence-electron chi connectivity index (χ2n) is 7.10. The average molecular weight is 400 g/mol. The molecule has 154 valence electrons. The summed E-state index contributed by atoms with van der Waals surface area (Å²) in [6.45, 7) is 0.299. The Labute approximate surface area is 160 Å². The molecule has 3 rings (SSSR count). The molecule has 1 aromatic rings. The maximum Gasteiger partial charge on any atom is 0.412 e. The van der Waals surface area contributed by atoms with Gasteiger partial charge < -0.3 is 10.1 Å². The van der Waals surface area contributed by atoms with Crippen molar-refractivity contribution in [2.75, 3.05) is 19.0 Å². The number of aromatic nitrogens is 1. The van der Waals surface area contributed by atoms with Crippen LogP contribution in [0.15, 0.2) is 18.3 Å². The third kappa shape index (κ3) is 4.73. The zero-order valence-electron chi connectivity index (χ0n) is 15.5. The standard InChI is InChI=1S/C18H23F3N4O3/c1-28-17(27)23-14-8-11(5-6-22-14)12-9-15(24-16(26)10-12)25-7-3-2-4-13(25)18(19,20)21/h5-6,8,12-13,15H,2-4,7,9-10H2,1H3,(H,24,26)(H,22,23,27). The molecule has 0 radical (unpaired) electrons. The topological polar surface area (TPSA) is 83.6 Å². The van der Waals surface area contributed by atoms with Gasteiger partial charge in [-0.2, -0.15) is 13.2 Å². The van der Waals surface area contributed by atoms with Crippen LogP contribution in [0, 0.1) is 0 Å². The zero-order valence-corrected chi connectivity index (χ0v) is 15.5. The number of likely N-dealkylation sites (tertiary alicyclic amines) is 1. The number of ether oxygens (including phenoxy) is 1. The van der Waals surface area contributed by atoms with E-state index in [1.165, 1.54) is 18.2 Å². The van der Waals surface area contributed by atoms with Gasteiger partial charge in [-0.1, -0.05) is 6.42 Å². The molecule has 3 atom stereocenters. The molecule has 2 aliphatic rings. The van der Waals surface area contributed by atoms with E-state index in [9.17, 15) is 22.8 Å². The van der Waals surface area contributed by atoms with Crippen molar-refractivity contribution >= 4 is 17.8 Å². The number of rotatable bonds is 3. The van der Waals surface area contributed by atoms with E-state index in [-0.39, 0.29) is 30.5 Å². The Morgan fingerprint density at radius 2 is 2.18 bits per heavy atom. The molecule has 0 aliphatic carbocycles. The lowest BCUT2D eigenvalue weighted by molar-refractivity contribution is -0.201. The van der Waals surface area contributed by atoms with Gasteiger partial charge in [0.1, 0.15) is 11.9 Å². The minimum atomic E-state index is -4.33. The van der Waals surface area contributed by atoms with Crippen LogP contribution in [0.5, 0.6) is 0 Å². The minimum absolute atomic E-state index is 0.0446. The van der Waals surface area contributed by atoms with Gasteiger partial charge in [0.05, 0.1) is 13.3 Å². The summed E-state index contributed by atoms with van der Waals surface area (Å²) in [6.07, 6.45) is -2.42. The molecule has 28 heavy (non-hydrogen) atoms. The molecule has 2 fully saturated rings. The van der Waals surface area contributed by atoms with Gasteiger partial charge in [0.25, 0.3) is 0 Å². The van der Waals surface area contributed by atoms with Crippen molar-refractivity contribution < 1.29 is 27.5 Å². The lowest BCUT2D eigenvalue weighted by atomic mass is 9.87. The highest BCUT2D eigenvalue weighted by molar-refractivity contribution is 5.83. The van der Waals surface area contributed by atoms with Crippen molar-refractivity contribution in [2.45, 2.75) is 56.4 Å². The number of carbonyl (C=O) groups is 2. The Morgan fingerprint density at radius 1 is 1.39 bits per heavy atom. The molecule has 0 spiro atoms. The van der Waals surface area contributed by atoms with E-state index < -0.39 is 24.5 Å². The number of amides is 2. The molecule has 0 aromatic carbocycles. The number of hydrogen-bond acceptors (Lipinski definition) is 5. The monoisotopic (exact) mass is 400 g/mol. The van der Waals surface area contributed by atoms with Crippen LogP contribution >= 0.6 is 0 Å². The molecule has 0 bridgehead atoms. The van der Waals surface area contributed by atoms with Crippen LogP contribution in [-0.4, -0.2) is 53.9 Å². The predicted octanol–water partition coefficient (Wildman–Crippen LogP) is 3.00. The minimum Gasteiger partial charge on any atom is -0.453 e. The molecule has 0 saturated carbocycles. The van der Waals surface area contributed by atoms with Gasteiger partial charge in [-0.25, -0.2) is 9.78 Å². The molecule has 2 N–H and O–H groups in total. The SMILES string of the molecule is COC(=O)Nc1cc(C2CC(=O)NC(N3CCCCC3C(F)(F)F)C2)ccn1. The summed E-state index contributed by atoms with van der Waals surface area (Å²) in [5.74, 6) is -0.291. The third-order valence-electron chi connectivity index (χ3n) is 5.26. The highest BCUT2D eigenvalue weighted by Gasteiger charge is 2.47. The highest BCUT2D eigenvalue weighted by atomic mass is 19.4. The molecule has 3 heterocycles. The smallest absolute Gasteiger partial charge is 0.412 e. The summed E-state index contributed by atoms with van der Waals surface area (Å²) >= 11 is 0. The molecule has 2 saturated heterocycles. The van der Waals surface area contributed by atoms with Gasteiger partial charge in [0, 0.05) is 19.2 Å². The number of carbonyl (C=O) groups excluding carboxylic acids is 2. The molecule has 1 aromatic heterocycles. The first-order valence-electron chi connectivity index (χ1n) is 9.20. The first-order valence-corrected chi connectivity index (χ1v) is 9.20. The van der Waals surface area contributed by atoms with E-state index >= 15 is 0 Å². The van der Waals surface area contributed by atoms with E-state index in [0.717, 1.165) is 5.56 Å². The summed E-state index contributed by atoms with van der Waals surface area (Å²) in [5, 5.41) is 5.18. The zero-order chi connectivity index (χ0) is 20.3. The van der Waals surface area contributed by atoms with Crippen LogP contribution in [0.25, 0.3) is 0 Å². The van der Waals surface area contributed by atoms with Crippen LogP contribution in [-0.2, 0) is 9.53 Å². The van der Waals surface area contributed by atoms with Crippen molar-refractivity contribution in [3.05, 3.63) is 23.9 Å². The first-order chi connectivity index (χ1) is 13.3. The number of nitrogens with one attached hydrogen (secondary N) is 2. The van der Waals surface area contributed by atoms with E-state index in [1.807, 2.05) is 0 Å². The Hall–Kier alpha value is -2.36. The normalized spacial score (nSPS) is 26.4. The second-order valence-corrected chi connectivity index (χ2v) is 7.10. The number of piperidine rings is 2. The van der Waals surface area contributed by atoms with Crippen molar-refractivity contribution in [1.29, 1.82) is 0 Å². The lowest BCUT2D eigenvalue weighted by Crippen LogP contribution is -2.60. The maximum absolute atomic E-state index is 13.5. The maximum atomic E-state index is 13.5. The number of hydrogen-bond donors (Lipinski definition) is 2. The number of alkyl halides is 3. The summed E-state index contributed by atoms with van der Waals surface area (Å²) in [6, 6.07) is 1.79. The van der Waals surface area contributed by atoms with Crippen LogP contribution in [0.3, 0.4) is 0 Å². The molecule has 7 nitrogen and oxygen atoms in total. The van der Waals surface area contributed by atoms with Crippen LogP contribution in [0.1, 0.15) is 43.6 Å². The Kier molecular flexibility index (Phi) is 6.07. The van der Waals surface area contributed by atoms with Crippen molar-refractivity contribution in [3.63, 3.8) is 0 Å². The second kappa shape index (κ2) is 8.34. The van der Waals surface area contributed by atoms with Crippen molar-refractivity contribution in [3.8, 4) is 0 Å². The Balaban J connectivity index is 1.78. The fraction of sp³-hybridized carbons (Fsp3) is 0.611. The largest absolute Gasteiger partial charge is 0.453 e. The molecule has 2 aliphatic heterocycles. The lowest BCUT2D eigenvalue weighted by Gasteiger charge is -2.44. The number of methoxy groups -OCH3 is 1. The molecule has 2 amide bonds. The predicted molar refractivity (Wildman–Crippen MR) is 94.6 cm³/mol. The van der Waals surface area contributed by atoms with Crippen molar-refractivity contribution in [2.24, 2.45) is 0 Å². The Bertz CT molecular complexity index is 728. The van der Waals surface area contributed by atoms with E-state index in [0.29, 0.717) is 25.8 Å².